The normalized spacial score (nSPS) is 19.8. The highest BCUT2D eigenvalue weighted by Crippen LogP contribution is 2.34. The first-order chi connectivity index (χ1) is 9.18. The number of fused-ring (bicyclic) bond motifs is 1. The number of nitrogens with zero attached hydrogens (tertiary/aromatic N) is 2. The average Bonchev–Trinajstić information content (AvgIpc) is 2.77. The van der Waals surface area contributed by atoms with Gasteiger partial charge in [0.15, 0.2) is 0 Å². The van der Waals surface area contributed by atoms with Gasteiger partial charge in [0.2, 0.25) is 0 Å². The van der Waals surface area contributed by atoms with E-state index in [1.54, 1.807) is 12.4 Å². The van der Waals surface area contributed by atoms with Crippen molar-refractivity contribution in [1.29, 1.82) is 0 Å². The Morgan fingerprint density at radius 3 is 3.16 bits per heavy atom. The molecule has 19 heavy (non-hydrogen) atoms. The molecule has 6 heteroatoms. The molecular formula is C13H15N3OS2. The summed E-state index contributed by atoms with van der Waals surface area (Å²) in [4.78, 5) is 19.3. The summed E-state index contributed by atoms with van der Waals surface area (Å²) in [5, 5.41) is 0.933. The van der Waals surface area contributed by atoms with Gasteiger partial charge >= 0.3 is 0 Å². The molecule has 0 saturated carbocycles. The second-order valence-electron chi connectivity index (χ2n) is 4.64. The van der Waals surface area contributed by atoms with Crippen LogP contribution in [0, 0.1) is 0 Å². The van der Waals surface area contributed by atoms with Crippen LogP contribution < -0.4 is 5.73 Å². The van der Waals surface area contributed by atoms with Gasteiger partial charge < -0.3 is 10.6 Å². The van der Waals surface area contributed by atoms with Crippen LogP contribution in [0.1, 0.15) is 16.6 Å². The van der Waals surface area contributed by atoms with E-state index in [2.05, 4.69) is 11.9 Å². The van der Waals surface area contributed by atoms with Gasteiger partial charge in [-0.2, -0.15) is 11.8 Å². The van der Waals surface area contributed by atoms with Gasteiger partial charge in [-0.3, -0.25) is 9.78 Å². The molecule has 2 aromatic rings. The molecular weight excluding hydrogens is 278 g/mol. The molecule has 0 bridgehead atoms. The Kier molecular flexibility index (Phi) is 3.36. The molecule has 0 radical (unpaired) electrons. The average molecular weight is 293 g/mol. The van der Waals surface area contributed by atoms with Crippen LogP contribution in [-0.2, 0) is 0 Å². The van der Waals surface area contributed by atoms with Crippen molar-refractivity contribution in [3.05, 3.63) is 23.3 Å². The zero-order valence-corrected chi connectivity index (χ0v) is 12.3. The molecule has 0 aliphatic carbocycles. The maximum absolute atomic E-state index is 12.6. The molecule has 4 nitrogen and oxygen atoms in total. The topological polar surface area (TPSA) is 59.2 Å². The fraction of sp³-hybridized carbons (Fsp3) is 0.385. The number of hydrogen-bond acceptors (Lipinski definition) is 5. The summed E-state index contributed by atoms with van der Waals surface area (Å²) in [7, 11) is 0. The van der Waals surface area contributed by atoms with Gasteiger partial charge in [-0.15, -0.1) is 11.3 Å². The summed E-state index contributed by atoms with van der Waals surface area (Å²) < 4.78 is 0.974. The first-order valence-electron chi connectivity index (χ1n) is 6.19. The van der Waals surface area contributed by atoms with E-state index in [1.165, 1.54) is 11.3 Å². The van der Waals surface area contributed by atoms with Gasteiger partial charge in [0, 0.05) is 41.9 Å². The summed E-state index contributed by atoms with van der Waals surface area (Å²) >= 11 is 3.34. The van der Waals surface area contributed by atoms with Gasteiger partial charge in [-0.05, 0) is 13.0 Å². The fourth-order valence-electron chi connectivity index (χ4n) is 2.29. The summed E-state index contributed by atoms with van der Waals surface area (Å²) in [5.41, 5.74) is 6.72. The summed E-state index contributed by atoms with van der Waals surface area (Å²) in [6.07, 6.45) is 3.47. The van der Waals surface area contributed by atoms with Crippen LogP contribution in [0.4, 0.5) is 5.69 Å². The van der Waals surface area contributed by atoms with Crippen molar-refractivity contribution in [2.24, 2.45) is 0 Å². The number of thiophene rings is 1. The molecule has 3 heterocycles. The minimum Gasteiger partial charge on any atom is -0.397 e. The number of hydrogen-bond donors (Lipinski definition) is 1. The van der Waals surface area contributed by atoms with Crippen LogP contribution in [0.5, 0.6) is 0 Å². The quantitative estimate of drug-likeness (QED) is 0.877. The zero-order chi connectivity index (χ0) is 13.4. The van der Waals surface area contributed by atoms with Crippen molar-refractivity contribution in [3.8, 4) is 0 Å². The summed E-state index contributed by atoms with van der Waals surface area (Å²) in [5.74, 6) is 2.06. The summed E-state index contributed by atoms with van der Waals surface area (Å²) in [6.45, 7) is 2.89. The zero-order valence-electron chi connectivity index (χ0n) is 10.6. The van der Waals surface area contributed by atoms with Gasteiger partial charge in [0.25, 0.3) is 5.91 Å². The predicted octanol–water partition coefficient (Wildman–Crippen LogP) is 2.46. The third kappa shape index (κ3) is 2.19. The third-order valence-corrected chi connectivity index (χ3v) is 5.69. The van der Waals surface area contributed by atoms with E-state index >= 15 is 0 Å². The number of nitrogens with two attached hydrogens (primary N) is 1. The molecule has 2 aromatic heterocycles. The lowest BCUT2D eigenvalue weighted by Crippen LogP contribution is -2.44. The highest BCUT2D eigenvalue weighted by atomic mass is 32.2. The number of nitrogen functional groups attached to an aromatic ring is 1. The van der Waals surface area contributed by atoms with Crippen molar-refractivity contribution < 1.29 is 4.79 Å². The van der Waals surface area contributed by atoms with E-state index in [0.29, 0.717) is 10.6 Å². The number of amides is 1. The van der Waals surface area contributed by atoms with Gasteiger partial charge in [0.1, 0.15) is 4.88 Å². The highest BCUT2D eigenvalue weighted by molar-refractivity contribution is 7.99. The lowest BCUT2D eigenvalue weighted by atomic mass is 10.2. The van der Waals surface area contributed by atoms with E-state index < -0.39 is 0 Å². The number of carbonyl (C=O) groups is 1. The van der Waals surface area contributed by atoms with Crippen LogP contribution in [0.3, 0.4) is 0 Å². The molecule has 1 aliphatic rings. The van der Waals surface area contributed by atoms with Gasteiger partial charge in [0.05, 0.1) is 10.4 Å². The van der Waals surface area contributed by atoms with E-state index in [9.17, 15) is 4.79 Å². The van der Waals surface area contributed by atoms with Crippen molar-refractivity contribution >= 4 is 44.8 Å². The molecule has 2 N–H and O–H groups in total. The Hall–Kier alpha value is -1.27. The summed E-state index contributed by atoms with van der Waals surface area (Å²) in [6, 6.07) is 2.14. The van der Waals surface area contributed by atoms with Gasteiger partial charge in [-0.25, -0.2) is 0 Å². The molecule has 1 aliphatic heterocycles. The number of anilines is 1. The fourth-order valence-corrected chi connectivity index (χ4v) is 4.35. The number of thioether (sulfide) groups is 1. The molecule has 1 atom stereocenters. The predicted molar refractivity (Wildman–Crippen MR) is 81.9 cm³/mol. The third-order valence-electron chi connectivity index (χ3n) is 3.35. The molecule has 0 spiro atoms. The number of rotatable bonds is 1. The van der Waals surface area contributed by atoms with Crippen molar-refractivity contribution in [2.45, 2.75) is 13.0 Å². The van der Waals surface area contributed by atoms with E-state index in [4.69, 9.17) is 5.73 Å². The maximum atomic E-state index is 12.6. The van der Waals surface area contributed by atoms with E-state index in [0.717, 1.165) is 28.1 Å². The highest BCUT2D eigenvalue weighted by Gasteiger charge is 2.27. The first kappa shape index (κ1) is 12.7. The molecule has 1 unspecified atom stereocenters. The van der Waals surface area contributed by atoms with Crippen LogP contribution in [0.15, 0.2) is 18.5 Å². The molecule has 1 saturated heterocycles. The molecule has 0 aromatic carbocycles. The van der Waals surface area contributed by atoms with Crippen LogP contribution >= 0.6 is 23.1 Å². The minimum absolute atomic E-state index is 0.0616. The monoisotopic (exact) mass is 293 g/mol. The van der Waals surface area contributed by atoms with E-state index in [-0.39, 0.29) is 11.9 Å². The second-order valence-corrected chi connectivity index (χ2v) is 6.84. The van der Waals surface area contributed by atoms with Gasteiger partial charge in [-0.1, -0.05) is 0 Å². The van der Waals surface area contributed by atoms with Crippen molar-refractivity contribution in [1.82, 2.24) is 9.88 Å². The lowest BCUT2D eigenvalue weighted by molar-refractivity contribution is 0.0722. The number of aromatic nitrogens is 1. The standard InChI is InChI=1S/C13H15N3OS2/c1-8-7-18-5-4-16(8)13(17)12-11(14)9-2-3-15-6-10(9)19-12/h2-3,6,8H,4-5,7,14H2,1H3. The van der Waals surface area contributed by atoms with Crippen molar-refractivity contribution in [3.63, 3.8) is 0 Å². The largest absolute Gasteiger partial charge is 0.397 e. The van der Waals surface area contributed by atoms with Crippen LogP contribution in [0.2, 0.25) is 0 Å². The molecule has 100 valence electrons. The number of carbonyl (C=O) groups excluding carboxylic acids is 1. The Morgan fingerprint density at radius 1 is 1.58 bits per heavy atom. The minimum atomic E-state index is 0.0616. The Morgan fingerprint density at radius 2 is 2.42 bits per heavy atom. The first-order valence-corrected chi connectivity index (χ1v) is 8.16. The van der Waals surface area contributed by atoms with Crippen molar-refractivity contribution in [2.75, 3.05) is 23.8 Å². The molecule has 1 amide bonds. The Labute approximate surface area is 120 Å². The number of pyridine rings is 1. The van der Waals surface area contributed by atoms with Crippen LogP contribution in [0.25, 0.3) is 10.1 Å². The Bertz CT molecular complexity index is 625. The maximum Gasteiger partial charge on any atom is 0.266 e. The molecule has 3 rings (SSSR count). The van der Waals surface area contributed by atoms with E-state index in [1.807, 2.05) is 22.7 Å². The smallest absolute Gasteiger partial charge is 0.266 e. The molecule has 1 fully saturated rings. The Balaban J connectivity index is 1.99. The lowest BCUT2D eigenvalue weighted by Gasteiger charge is -2.32. The van der Waals surface area contributed by atoms with Crippen LogP contribution in [-0.4, -0.2) is 39.9 Å². The SMILES string of the molecule is CC1CSCCN1C(=O)c1sc2cnccc2c1N. The second kappa shape index (κ2) is 5.02.